The number of ether oxygens (including phenoxy) is 4. The number of methoxy groups -OCH3 is 2. The number of carbonyl (C=O) groups excluding carboxylic acids is 3. The van der Waals surface area contributed by atoms with Gasteiger partial charge in [0.15, 0.2) is 0 Å². The van der Waals surface area contributed by atoms with E-state index in [1.54, 1.807) is 38.1 Å². The first-order valence-corrected chi connectivity index (χ1v) is 7.95. The molecule has 8 heteroatoms. The first-order valence-electron chi connectivity index (χ1n) is 7.95. The molecule has 8 nitrogen and oxygen atoms in total. The molecular formula is C18H21NO7. The van der Waals surface area contributed by atoms with Crippen molar-refractivity contribution >= 4 is 23.6 Å². The van der Waals surface area contributed by atoms with Gasteiger partial charge in [-0.1, -0.05) is 0 Å². The zero-order chi connectivity index (χ0) is 19.3. The number of nitrogens with zero attached hydrogens (tertiary/aromatic N) is 1. The van der Waals surface area contributed by atoms with Crippen molar-refractivity contribution in [3.05, 3.63) is 41.1 Å². The number of carbonyl (C=O) groups is 3. The molecule has 0 saturated heterocycles. The van der Waals surface area contributed by atoms with Crippen LogP contribution in [0.1, 0.15) is 24.2 Å². The minimum atomic E-state index is -0.683. The fourth-order valence-corrected chi connectivity index (χ4v) is 2.41. The van der Waals surface area contributed by atoms with E-state index < -0.39 is 17.9 Å². The van der Waals surface area contributed by atoms with Crippen molar-refractivity contribution in [1.29, 1.82) is 0 Å². The molecule has 1 aliphatic rings. The van der Waals surface area contributed by atoms with Gasteiger partial charge in [0, 0.05) is 5.69 Å². The summed E-state index contributed by atoms with van der Waals surface area (Å²) in [7, 11) is 2.45. The Labute approximate surface area is 151 Å². The minimum Gasteiger partial charge on any atom is -0.466 e. The Bertz CT molecular complexity index is 722. The van der Waals surface area contributed by atoms with Crippen LogP contribution in [0.15, 0.2) is 35.5 Å². The standard InChI is InChI=1S/C18H21NO7/c1-11(2)26-16(20)12-5-7-13(8-6-12)19-10-25-9-14(17(21)23-3)15(19)18(22)24-4/h5-8,11H,9-10H2,1-4H3. The Kier molecular flexibility index (Phi) is 6.35. The molecule has 0 saturated carbocycles. The van der Waals surface area contributed by atoms with E-state index in [4.69, 9.17) is 18.9 Å². The van der Waals surface area contributed by atoms with E-state index in [0.717, 1.165) is 0 Å². The second kappa shape index (κ2) is 8.48. The lowest BCUT2D eigenvalue weighted by atomic mass is 10.1. The maximum Gasteiger partial charge on any atom is 0.355 e. The first kappa shape index (κ1) is 19.5. The van der Waals surface area contributed by atoms with E-state index in [1.165, 1.54) is 19.1 Å². The summed E-state index contributed by atoms with van der Waals surface area (Å²) in [5, 5.41) is 0. The summed E-state index contributed by atoms with van der Waals surface area (Å²) in [4.78, 5) is 37.6. The van der Waals surface area contributed by atoms with Crippen LogP contribution >= 0.6 is 0 Å². The second-order valence-corrected chi connectivity index (χ2v) is 5.72. The van der Waals surface area contributed by atoms with Crippen LogP contribution in [0.2, 0.25) is 0 Å². The van der Waals surface area contributed by atoms with Gasteiger partial charge in [0.1, 0.15) is 12.4 Å². The number of rotatable bonds is 5. The lowest BCUT2D eigenvalue weighted by Crippen LogP contribution is -2.38. The van der Waals surface area contributed by atoms with E-state index in [1.807, 2.05) is 0 Å². The van der Waals surface area contributed by atoms with Gasteiger partial charge in [-0.05, 0) is 38.1 Å². The summed E-state index contributed by atoms with van der Waals surface area (Å²) in [5.41, 5.74) is 1.03. The molecule has 0 unspecified atom stereocenters. The maximum atomic E-state index is 12.2. The molecule has 0 amide bonds. The Balaban J connectivity index is 2.37. The zero-order valence-electron chi connectivity index (χ0n) is 15.1. The number of hydrogen-bond acceptors (Lipinski definition) is 8. The normalized spacial score (nSPS) is 14.3. The molecule has 1 aromatic rings. The van der Waals surface area contributed by atoms with Crippen LogP contribution in [0.5, 0.6) is 0 Å². The van der Waals surface area contributed by atoms with E-state index in [9.17, 15) is 14.4 Å². The summed E-state index contributed by atoms with van der Waals surface area (Å²) in [6.07, 6.45) is -0.228. The molecule has 0 radical (unpaired) electrons. The largest absolute Gasteiger partial charge is 0.466 e. The van der Waals surface area contributed by atoms with Crippen LogP contribution in [0.25, 0.3) is 0 Å². The third-order valence-electron chi connectivity index (χ3n) is 3.59. The summed E-state index contributed by atoms with van der Waals surface area (Å²) in [6.45, 7) is 3.51. The van der Waals surface area contributed by atoms with Gasteiger partial charge in [0.2, 0.25) is 0 Å². The Morgan fingerprint density at radius 1 is 1.00 bits per heavy atom. The van der Waals surface area contributed by atoms with Crippen molar-refractivity contribution in [2.24, 2.45) is 0 Å². The van der Waals surface area contributed by atoms with Crippen molar-refractivity contribution < 1.29 is 33.3 Å². The Hall–Kier alpha value is -2.87. The highest BCUT2D eigenvalue weighted by molar-refractivity contribution is 6.03. The van der Waals surface area contributed by atoms with Gasteiger partial charge >= 0.3 is 17.9 Å². The molecule has 1 heterocycles. The fraction of sp³-hybridized carbons (Fsp3) is 0.389. The van der Waals surface area contributed by atoms with Crippen molar-refractivity contribution in [1.82, 2.24) is 0 Å². The summed E-state index contributed by atoms with van der Waals surface area (Å²) >= 11 is 0. The molecule has 0 bridgehead atoms. The first-order chi connectivity index (χ1) is 12.4. The summed E-state index contributed by atoms with van der Waals surface area (Å²) < 4.78 is 20.0. The number of hydrogen-bond donors (Lipinski definition) is 0. The van der Waals surface area contributed by atoms with Crippen molar-refractivity contribution in [3.8, 4) is 0 Å². The molecule has 0 N–H and O–H groups in total. The fourth-order valence-electron chi connectivity index (χ4n) is 2.41. The molecule has 1 aliphatic heterocycles. The minimum absolute atomic E-state index is 0.0424. The van der Waals surface area contributed by atoms with E-state index in [-0.39, 0.29) is 30.7 Å². The van der Waals surface area contributed by atoms with Crippen LogP contribution in [-0.2, 0) is 28.5 Å². The van der Waals surface area contributed by atoms with Crippen LogP contribution in [0.3, 0.4) is 0 Å². The molecule has 2 rings (SSSR count). The Morgan fingerprint density at radius 3 is 2.15 bits per heavy atom. The van der Waals surface area contributed by atoms with Gasteiger partial charge < -0.3 is 23.8 Å². The molecule has 1 aromatic carbocycles. The number of anilines is 1. The van der Waals surface area contributed by atoms with Gasteiger partial charge in [0.05, 0.1) is 38.1 Å². The lowest BCUT2D eigenvalue weighted by molar-refractivity contribution is -0.140. The van der Waals surface area contributed by atoms with Crippen LogP contribution < -0.4 is 4.90 Å². The van der Waals surface area contributed by atoms with Gasteiger partial charge in [-0.2, -0.15) is 0 Å². The van der Waals surface area contributed by atoms with E-state index in [2.05, 4.69) is 0 Å². The maximum absolute atomic E-state index is 12.2. The average Bonchev–Trinajstić information content (AvgIpc) is 2.65. The van der Waals surface area contributed by atoms with Crippen LogP contribution in [0.4, 0.5) is 5.69 Å². The quantitative estimate of drug-likeness (QED) is 0.576. The Morgan fingerprint density at radius 2 is 1.62 bits per heavy atom. The molecule has 140 valence electrons. The highest BCUT2D eigenvalue weighted by atomic mass is 16.5. The third kappa shape index (κ3) is 4.20. The smallest absolute Gasteiger partial charge is 0.355 e. The summed E-state index contributed by atoms with van der Waals surface area (Å²) in [5.74, 6) is -1.80. The SMILES string of the molecule is COC(=O)C1=C(C(=O)OC)N(c2ccc(C(=O)OC(C)C)cc2)COC1. The van der Waals surface area contributed by atoms with Gasteiger partial charge in [-0.25, -0.2) is 14.4 Å². The molecular weight excluding hydrogens is 342 g/mol. The predicted molar refractivity (Wildman–Crippen MR) is 91.3 cm³/mol. The van der Waals surface area contributed by atoms with Gasteiger partial charge in [-0.3, -0.25) is 0 Å². The molecule has 26 heavy (non-hydrogen) atoms. The van der Waals surface area contributed by atoms with Crippen LogP contribution in [0, 0.1) is 0 Å². The predicted octanol–water partition coefficient (Wildman–Crippen LogP) is 1.65. The van der Waals surface area contributed by atoms with Gasteiger partial charge in [0.25, 0.3) is 0 Å². The molecule has 0 fully saturated rings. The molecule has 0 spiro atoms. The van der Waals surface area contributed by atoms with Crippen molar-refractivity contribution in [2.75, 3.05) is 32.5 Å². The average molecular weight is 363 g/mol. The molecule has 0 aliphatic carbocycles. The van der Waals surface area contributed by atoms with Crippen molar-refractivity contribution in [3.63, 3.8) is 0 Å². The zero-order valence-corrected chi connectivity index (χ0v) is 15.1. The lowest BCUT2D eigenvalue weighted by Gasteiger charge is -2.31. The summed E-state index contributed by atoms with van der Waals surface area (Å²) in [6, 6.07) is 6.40. The molecule has 0 atom stereocenters. The number of benzene rings is 1. The van der Waals surface area contributed by atoms with Gasteiger partial charge in [-0.15, -0.1) is 0 Å². The highest BCUT2D eigenvalue weighted by Gasteiger charge is 2.32. The highest BCUT2D eigenvalue weighted by Crippen LogP contribution is 2.27. The number of esters is 3. The van der Waals surface area contributed by atoms with Crippen LogP contribution in [-0.4, -0.2) is 51.6 Å². The second-order valence-electron chi connectivity index (χ2n) is 5.72. The molecule has 0 aromatic heterocycles. The van der Waals surface area contributed by atoms with Crippen molar-refractivity contribution in [2.45, 2.75) is 20.0 Å². The monoisotopic (exact) mass is 363 g/mol. The third-order valence-corrected chi connectivity index (χ3v) is 3.59. The topological polar surface area (TPSA) is 91.4 Å². The van der Waals surface area contributed by atoms with E-state index in [0.29, 0.717) is 11.3 Å². The van der Waals surface area contributed by atoms with E-state index >= 15 is 0 Å².